The zero-order valence-electron chi connectivity index (χ0n) is 8.96. The normalized spacial score (nSPS) is 12.0. The fraction of sp³-hybridized carbons (Fsp3) is 0.700. The molecule has 0 aliphatic rings. The lowest BCUT2D eigenvalue weighted by molar-refractivity contribution is 0.571. The summed E-state index contributed by atoms with van der Waals surface area (Å²) < 4.78 is 1.98. The summed E-state index contributed by atoms with van der Waals surface area (Å²) in [6.45, 7) is 8.50. The summed E-state index contributed by atoms with van der Waals surface area (Å²) in [6, 6.07) is 0. The van der Waals surface area contributed by atoms with Gasteiger partial charge in [-0.2, -0.15) is 5.10 Å². The van der Waals surface area contributed by atoms with Gasteiger partial charge in [0.05, 0.1) is 12.7 Å². The van der Waals surface area contributed by atoms with Crippen molar-refractivity contribution >= 4 is 0 Å². The Morgan fingerprint density at radius 1 is 1.46 bits per heavy atom. The van der Waals surface area contributed by atoms with E-state index in [-0.39, 0.29) is 5.41 Å². The topological polar surface area (TPSA) is 29.9 Å². The Hall–Kier alpha value is -0.830. The molecule has 0 aromatic carbocycles. The van der Waals surface area contributed by atoms with Crippen LogP contribution < -0.4 is 5.32 Å². The first kappa shape index (κ1) is 10.3. The van der Waals surface area contributed by atoms with Crippen molar-refractivity contribution < 1.29 is 0 Å². The summed E-state index contributed by atoms with van der Waals surface area (Å²) in [4.78, 5) is 0. The first-order valence-electron chi connectivity index (χ1n) is 4.71. The highest BCUT2D eigenvalue weighted by Gasteiger charge is 2.15. The second-order valence-corrected chi connectivity index (χ2v) is 4.35. The molecule has 74 valence electrons. The van der Waals surface area contributed by atoms with E-state index in [1.165, 1.54) is 5.56 Å². The first-order chi connectivity index (χ1) is 6.04. The molecule has 0 saturated carbocycles. The summed E-state index contributed by atoms with van der Waals surface area (Å²) in [6.07, 6.45) is 4.08. The van der Waals surface area contributed by atoms with Crippen LogP contribution in [0.25, 0.3) is 0 Å². The Labute approximate surface area is 80.1 Å². The molecule has 0 aliphatic carbocycles. The van der Waals surface area contributed by atoms with Gasteiger partial charge in [0, 0.05) is 12.7 Å². The Morgan fingerprint density at radius 3 is 2.62 bits per heavy atom. The van der Waals surface area contributed by atoms with E-state index in [4.69, 9.17) is 0 Å². The first-order valence-corrected chi connectivity index (χ1v) is 4.71. The third-order valence-electron chi connectivity index (χ3n) is 2.09. The number of nitrogens with zero attached hydrogens (tertiary/aromatic N) is 2. The quantitative estimate of drug-likeness (QED) is 0.764. The van der Waals surface area contributed by atoms with Gasteiger partial charge in [-0.05, 0) is 18.0 Å². The minimum atomic E-state index is 0.206. The van der Waals surface area contributed by atoms with Crippen LogP contribution in [0.3, 0.4) is 0 Å². The highest BCUT2D eigenvalue weighted by molar-refractivity contribution is 5.14. The van der Waals surface area contributed by atoms with Crippen molar-refractivity contribution in [3.05, 3.63) is 18.0 Å². The lowest BCUT2D eigenvalue weighted by Gasteiger charge is -2.14. The highest BCUT2D eigenvalue weighted by Crippen LogP contribution is 2.20. The van der Waals surface area contributed by atoms with Crippen molar-refractivity contribution in [1.82, 2.24) is 15.1 Å². The van der Waals surface area contributed by atoms with Crippen molar-refractivity contribution in [2.24, 2.45) is 0 Å². The third-order valence-corrected chi connectivity index (χ3v) is 2.09. The van der Waals surface area contributed by atoms with Crippen LogP contribution in [0, 0.1) is 0 Å². The van der Waals surface area contributed by atoms with Gasteiger partial charge in [-0.3, -0.25) is 4.68 Å². The van der Waals surface area contributed by atoms with E-state index in [0.29, 0.717) is 0 Å². The zero-order valence-corrected chi connectivity index (χ0v) is 8.96. The number of likely N-dealkylation sites (N-methyl/N-ethyl adjacent to an activating group) is 1. The molecular formula is C10H19N3. The number of hydrogen-bond donors (Lipinski definition) is 1. The molecule has 0 saturated heterocycles. The molecule has 0 aliphatic heterocycles. The smallest absolute Gasteiger partial charge is 0.0533 e. The second-order valence-electron chi connectivity index (χ2n) is 4.35. The maximum atomic E-state index is 4.30. The molecule has 13 heavy (non-hydrogen) atoms. The van der Waals surface area contributed by atoms with Crippen LogP contribution in [0.15, 0.2) is 12.4 Å². The standard InChI is InChI=1S/C10H19N3/c1-10(2,3)9-7-12-13(8-9)6-5-11-4/h7-8,11H,5-6H2,1-4H3. The molecule has 0 spiro atoms. The van der Waals surface area contributed by atoms with Crippen LogP contribution in [-0.2, 0) is 12.0 Å². The minimum Gasteiger partial charge on any atom is -0.318 e. The molecular weight excluding hydrogens is 162 g/mol. The average Bonchev–Trinajstić information content (AvgIpc) is 2.47. The maximum absolute atomic E-state index is 4.30. The SMILES string of the molecule is CNCCn1cc(C(C)(C)C)cn1. The van der Waals surface area contributed by atoms with Crippen LogP contribution >= 0.6 is 0 Å². The summed E-state index contributed by atoms with van der Waals surface area (Å²) in [7, 11) is 1.95. The van der Waals surface area contributed by atoms with Crippen molar-refractivity contribution in [3.63, 3.8) is 0 Å². The number of nitrogens with one attached hydrogen (secondary N) is 1. The van der Waals surface area contributed by atoms with Gasteiger partial charge in [0.2, 0.25) is 0 Å². The Morgan fingerprint density at radius 2 is 2.15 bits per heavy atom. The van der Waals surface area contributed by atoms with Crippen molar-refractivity contribution in [3.8, 4) is 0 Å². The maximum Gasteiger partial charge on any atom is 0.0533 e. The van der Waals surface area contributed by atoms with Gasteiger partial charge in [0.1, 0.15) is 0 Å². The largest absolute Gasteiger partial charge is 0.318 e. The van der Waals surface area contributed by atoms with E-state index in [9.17, 15) is 0 Å². The average molecular weight is 181 g/mol. The Balaban J connectivity index is 2.64. The molecule has 1 rings (SSSR count). The Bertz CT molecular complexity index is 257. The third kappa shape index (κ3) is 2.84. The van der Waals surface area contributed by atoms with Crippen LogP contribution in [0.4, 0.5) is 0 Å². The van der Waals surface area contributed by atoms with Gasteiger partial charge in [-0.25, -0.2) is 0 Å². The van der Waals surface area contributed by atoms with Crippen LogP contribution in [0.2, 0.25) is 0 Å². The summed E-state index contributed by atoms with van der Waals surface area (Å²) in [5, 5.41) is 7.40. The molecule has 0 unspecified atom stereocenters. The molecule has 0 fully saturated rings. The van der Waals surface area contributed by atoms with Gasteiger partial charge in [-0.1, -0.05) is 20.8 Å². The van der Waals surface area contributed by atoms with Crippen molar-refractivity contribution in [2.75, 3.05) is 13.6 Å². The predicted octanol–water partition coefficient (Wildman–Crippen LogP) is 1.40. The minimum absolute atomic E-state index is 0.206. The van der Waals surface area contributed by atoms with E-state index in [0.717, 1.165) is 13.1 Å². The van der Waals surface area contributed by atoms with Crippen LogP contribution in [-0.4, -0.2) is 23.4 Å². The molecule has 3 heteroatoms. The monoisotopic (exact) mass is 181 g/mol. The van der Waals surface area contributed by atoms with E-state index >= 15 is 0 Å². The van der Waals surface area contributed by atoms with Crippen molar-refractivity contribution in [2.45, 2.75) is 32.7 Å². The number of aromatic nitrogens is 2. The molecule has 1 N–H and O–H groups in total. The number of hydrogen-bond acceptors (Lipinski definition) is 2. The summed E-state index contributed by atoms with van der Waals surface area (Å²) >= 11 is 0. The molecule has 0 radical (unpaired) electrons. The summed E-state index contributed by atoms with van der Waals surface area (Å²) in [5.74, 6) is 0. The van der Waals surface area contributed by atoms with Gasteiger partial charge in [0.25, 0.3) is 0 Å². The lowest BCUT2D eigenvalue weighted by atomic mass is 9.90. The van der Waals surface area contributed by atoms with Gasteiger partial charge < -0.3 is 5.32 Å². The molecule has 3 nitrogen and oxygen atoms in total. The van der Waals surface area contributed by atoms with Gasteiger partial charge in [0.15, 0.2) is 0 Å². The van der Waals surface area contributed by atoms with E-state index < -0.39 is 0 Å². The summed E-state index contributed by atoms with van der Waals surface area (Å²) in [5.41, 5.74) is 1.50. The molecule has 1 aromatic rings. The zero-order chi connectivity index (χ0) is 9.90. The second kappa shape index (κ2) is 3.92. The van der Waals surface area contributed by atoms with E-state index in [2.05, 4.69) is 37.4 Å². The van der Waals surface area contributed by atoms with Gasteiger partial charge in [-0.15, -0.1) is 0 Å². The molecule has 0 bridgehead atoms. The lowest BCUT2D eigenvalue weighted by Crippen LogP contribution is -2.15. The molecule has 0 amide bonds. The van der Waals surface area contributed by atoms with Gasteiger partial charge >= 0.3 is 0 Å². The highest BCUT2D eigenvalue weighted by atomic mass is 15.3. The van der Waals surface area contributed by atoms with E-state index in [1.54, 1.807) is 0 Å². The van der Waals surface area contributed by atoms with Crippen molar-refractivity contribution in [1.29, 1.82) is 0 Å². The predicted molar refractivity (Wildman–Crippen MR) is 54.9 cm³/mol. The van der Waals surface area contributed by atoms with Crippen LogP contribution in [0.5, 0.6) is 0 Å². The fourth-order valence-electron chi connectivity index (χ4n) is 1.10. The Kier molecular flexibility index (Phi) is 3.09. The molecule has 1 aromatic heterocycles. The molecule has 1 heterocycles. The van der Waals surface area contributed by atoms with E-state index in [1.807, 2.05) is 17.9 Å². The molecule has 0 atom stereocenters. The van der Waals surface area contributed by atoms with Crippen LogP contribution in [0.1, 0.15) is 26.3 Å². The number of rotatable bonds is 3. The fourth-order valence-corrected chi connectivity index (χ4v) is 1.10.